The van der Waals surface area contributed by atoms with Crippen LogP contribution in [0.5, 0.6) is 0 Å². The third-order valence-corrected chi connectivity index (χ3v) is 6.43. The van der Waals surface area contributed by atoms with Crippen molar-refractivity contribution in [2.45, 2.75) is 39.2 Å². The third-order valence-electron chi connectivity index (χ3n) is 6.22. The second kappa shape index (κ2) is 8.39. The van der Waals surface area contributed by atoms with Gasteiger partial charge >= 0.3 is 0 Å². The van der Waals surface area contributed by atoms with Crippen LogP contribution in [0.1, 0.15) is 44.8 Å². The number of aliphatic hydroxyl groups is 1. The smallest absolute Gasteiger partial charge is 0.223 e. The van der Waals surface area contributed by atoms with Crippen LogP contribution >= 0.6 is 11.6 Å². The Labute approximate surface area is 171 Å². The third kappa shape index (κ3) is 4.34. The van der Waals surface area contributed by atoms with Gasteiger partial charge in [-0.1, -0.05) is 25.4 Å². The van der Waals surface area contributed by atoms with Gasteiger partial charge in [-0.25, -0.2) is 0 Å². The average molecular weight is 407 g/mol. The van der Waals surface area contributed by atoms with E-state index in [-0.39, 0.29) is 11.3 Å². The second-order valence-corrected chi connectivity index (χ2v) is 9.20. The van der Waals surface area contributed by atoms with Gasteiger partial charge in [0.1, 0.15) is 0 Å². The molecule has 0 saturated carbocycles. The number of H-pyrrole nitrogens is 1. The Morgan fingerprint density at radius 1 is 1.39 bits per heavy atom. The van der Waals surface area contributed by atoms with Crippen molar-refractivity contribution in [1.82, 2.24) is 20.0 Å². The number of amides is 1. The summed E-state index contributed by atoms with van der Waals surface area (Å²) in [5.74, 6) is 0.539. The summed E-state index contributed by atoms with van der Waals surface area (Å²) in [6, 6.07) is 3.68. The molecule has 154 valence electrons. The van der Waals surface area contributed by atoms with Gasteiger partial charge in [0.05, 0.1) is 17.8 Å². The number of carbonyl (C=O) groups excluding carboxylic acids is 1. The van der Waals surface area contributed by atoms with E-state index in [1.165, 1.54) is 0 Å². The minimum atomic E-state index is -0.671. The first-order chi connectivity index (χ1) is 13.2. The summed E-state index contributed by atoms with van der Waals surface area (Å²) in [4.78, 5) is 16.4. The molecule has 0 spiro atoms. The fraction of sp³-hybridized carbons (Fsp3) is 0.619. The van der Waals surface area contributed by atoms with Gasteiger partial charge < -0.3 is 14.9 Å². The van der Waals surface area contributed by atoms with E-state index < -0.39 is 6.10 Å². The number of aromatic nitrogens is 2. The highest BCUT2D eigenvalue weighted by atomic mass is 35.5. The molecule has 1 amide bonds. The van der Waals surface area contributed by atoms with Crippen LogP contribution in [0.2, 0.25) is 5.02 Å². The number of hydrogen-bond donors (Lipinski definition) is 2. The highest BCUT2D eigenvalue weighted by molar-refractivity contribution is 6.31. The van der Waals surface area contributed by atoms with E-state index in [4.69, 9.17) is 11.6 Å². The van der Waals surface area contributed by atoms with Gasteiger partial charge in [0.15, 0.2) is 0 Å². The van der Waals surface area contributed by atoms with Crippen LogP contribution in [0.3, 0.4) is 0 Å². The molecule has 3 rings (SSSR count). The highest BCUT2D eigenvalue weighted by Gasteiger charge is 2.40. The highest BCUT2D eigenvalue weighted by Crippen LogP contribution is 2.46. The molecule has 1 unspecified atom stereocenters. The summed E-state index contributed by atoms with van der Waals surface area (Å²) in [5.41, 5.74) is 1.28. The lowest BCUT2D eigenvalue weighted by molar-refractivity contribution is -0.134. The lowest BCUT2D eigenvalue weighted by atomic mass is 9.68. The molecule has 2 aromatic rings. The minimum Gasteiger partial charge on any atom is -0.388 e. The normalized spacial score (nSPS) is 17.5. The number of nitrogens with one attached hydrogen (secondary N) is 1. The van der Waals surface area contributed by atoms with Crippen LogP contribution in [0.25, 0.3) is 10.9 Å². The van der Waals surface area contributed by atoms with E-state index in [9.17, 15) is 9.90 Å². The Balaban J connectivity index is 1.69. The molecular formula is C21H31ClN4O2. The number of benzene rings is 1. The number of aromatic amines is 1. The Morgan fingerprint density at radius 3 is 2.71 bits per heavy atom. The van der Waals surface area contributed by atoms with Crippen molar-refractivity contribution in [2.24, 2.45) is 11.3 Å². The zero-order valence-electron chi connectivity index (χ0n) is 17.2. The minimum absolute atomic E-state index is 0.222. The zero-order chi connectivity index (χ0) is 20.5. The van der Waals surface area contributed by atoms with Crippen LogP contribution < -0.4 is 0 Å². The summed E-state index contributed by atoms with van der Waals surface area (Å²) >= 11 is 6.27. The van der Waals surface area contributed by atoms with E-state index in [1.807, 2.05) is 36.0 Å². The number of carbonyl (C=O) groups is 1. The summed E-state index contributed by atoms with van der Waals surface area (Å²) in [6.07, 6.45) is 3.40. The number of nitrogens with zero attached hydrogens (tertiary/aromatic N) is 3. The molecule has 1 aliphatic heterocycles. The van der Waals surface area contributed by atoms with E-state index in [1.54, 1.807) is 6.20 Å². The molecule has 0 radical (unpaired) electrons. The molecule has 1 aliphatic rings. The standard InChI is InChI=1S/C21H31ClN4O2/c1-21(2,15-5-9-26(10-6-15)18(27)7-8-25(3)4)20(28)17-12-16(22)11-14-13-23-24-19(14)17/h11-13,15,20,28H,5-10H2,1-4H3,(H,23,24). The van der Waals surface area contributed by atoms with Gasteiger partial charge in [0.25, 0.3) is 0 Å². The molecule has 1 saturated heterocycles. The summed E-state index contributed by atoms with van der Waals surface area (Å²) in [6.45, 7) is 6.49. The number of aliphatic hydroxyl groups excluding tert-OH is 1. The number of fused-ring (bicyclic) bond motifs is 1. The molecule has 1 atom stereocenters. The number of likely N-dealkylation sites (tertiary alicyclic amines) is 1. The first-order valence-electron chi connectivity index (χ1n) is 9.93. The fourth-order valence-electron chi connectivity index (χ4n) is 4.24. The van der Waals surface area contributed by atoms with Crippen molar-refractivity contribution < 1.29 is 9.90 Å². The van der Waals surface area contributed by atoms with Crippen LogP contribution in [-0.2, 0) is 4.79 Å². The maximum absolute atomic E-state index is 12.4. The maximum Gasteiger partial charge on any atom is 0.223 e. The zero-order valence-corrected chi connectivity index (χ0v) is 18.0. The van der Waals surface area contributed by atoms with E-state index in [0.29, 0.717) is 17.4 Å². The lowest BCUT2D eigenvalue weighted by Crippen LogP contribution is -2.44. The number of rotatable bonds is 6. The summed E-state index contributed by atoms with van der Waals surface area (Å²) in [5, 5.41) is 19.9. The van der Waals surface area contributed by atoms with Gasteiger partial charge in [0.2, 0.25) is 5.91 Å². The molecule has 0 bridgehead atoms. The first-order valence-corrected chi connectivity index (χ1v) is 10.3. The van der Waals surface area contributed by atoms with Crippen molar-refractivity contribution in [2.75, 3.05) is 33.7 Å². The van der Waals surface area contributed by atoms with Gasteiger partial charge in [-0.3, -0.25) is 9.89 Å². The fourth-order valence-corrected chi connectivity index (χ4v) is 4.47. The van der Waals surface area contributed by atoms with E-state index in [2.05, 4.69) is 24.0 Å². The molecule has 6 nitrogen and oxygen atoms in total. The lowest BCUT2D eigenvalue weighted by Gasteiger charge is -2.43. The molecule has 1 aromatic carbocycles. The molecule has 0 aliphatic carbocycles. The van der Waals surface area contributed by atoms with Crippen LogP contribution in [0.15, 0.2) is 18.3 Å². The Bertz CT molecular complexity index is 825. The molecule has 7 heteroatoms. The summed E-state index contributed by atoms with van der Waals surface area (Å²) < 4.78 is 0. The topological polar surface area (TPSA) is 72.5 Å². The largest absolute Gasteiger partial charge is 0.388 e. The maximum atomic E-state index is 12.4. The predicted molar refractivity (Wildman–Crippen MR) is 112 cm³/mol. The molecule has 28 heavy (non-hydrogen) atoms. The van der Waals surface area contributed by atoms with Gasteiger partial charge in [0, 0.05) is 42.0 Å². The molecule has 1 fully saturated rings. The second-order valence-electron chi connectivity index (χ2n) is 8.76. The molecular weight excluding hydrogens is 376 g/mol. The van der Waals surface area contributed by atoms with Crippen LogP contribution in [-0.4, -0.2) is 64.7 Å². The Hall–Kier alpha value is -1.63. The summed E-state index contributed by atoms with van der Waals surface area (Å²) in [7, 11) is 3.96. The molecule has 2 heterocycles. The van der Waals surface area contributed by atoms with Crippen molar-refractivity contribution in [3.05, 3.63) is 28.9 Å². The monoisotopic (exact) mass is 406 g/mol. The first kappa shape index (κ1) is 21.1. The van der Waals surface area contributed by atoms with Crippen molar-refractivity contribution in [3.63, 3.8) is 0 Å². The number of halogens is 1. The number of hydrogen-bond acceptors (Lipinski definition) is 4. The van der Waals surface area contributed by atoms with E-state index >= 15 is 0 Å². The quantitative estimate of drug-likeness (QED) is 0.770. The van der Waals surface area contributed by atoms with Crippen molar-refractivity contribution in [3.8, 4) is 0 Å². The Morgan fingerprint density at radius 2 is 2.07 bits per heavy atom. The van der Waals surface area contributed by atoms with Crippen molar-refractivity contribution in [1.29, 1.82) is 0 Å². The van der Waals surface area contributed by atoms with E-state index in [0.717, 1.165) is 48.9 Å². The number of piperidine rings is 1. The van der Waals surface area contributed by atoms with Crippen LogP contribution in [0, 0.1) is 11.3 Å². The SMILES string of the molecule is CN(C)CCC(=O)N1CCC(C(C)(C)C(O)c2cc(Cl)cc3cn[nH]c23)CC1. The predicted octanol–water partition coefficient (Wildman–Crippen LogP) is 3.47. The van der Waals surface area contributed by atoms with Crippen LogP contribution in [0.4, 0.5) is 0 Å². The van der Waals surface area contributed by atoms with Crippen molar-refractivity contribution >= 4 is 28.4 Å². The van der Waals surface area contributed by atoms with Gasteiger partial charge in [-0.2, -0.15) is 5.10 Å². The average Bonchev–Trinajstić information content (AvgIpc) is 3.13. The van der Waals surface area contributed by atoms with Gasteiger partial charge in [-0.05, 0) is 50.4 Å². The Kier molecular flexibility index (Phi) is 6.32. The van der Waals surface area contributed by atoms with Gasteiger partial charge in [-0.15, -0.1) is 0 Å². The molecule has 1 aromatic heterocycles. The molecule has 2 N–H and O–H groups in total.